The number of hydrogen-bond donors (Lipinski definition) is 1. The minimum atomic E-state index is -3.20. The first-order valence-corrected chi connectivity index (χ1v) is 11.4. The van der Waals surface area contributed by atoms with Crippen LogP contribution in [0, 0.1) is 0 Å². The summed E-state index contributed by atoms with van der Waals surface area (Å²) in [7, 11) is -3.20. The van der Waals surface area contributed by atoms with Gasteiger partial charge in [-0.15, -0.1) is 0 Å². The number of anilines is 1. The van der Waals surface area contributed by atoms with Gasteiger partial charge in [-0.05, 0) is 42.7 Å². The second kappa shape index (κ2) is 8.63. The van der Waals surface area contributed by atoms with Crippen LogP contribution >= 0.6 is 23.2 Å². The zero-order valence-corrected chi connectivity index (χ0v) is 17.1. The van der Waals surface area contributed by atoms with Gasteiger partial charge in [-0.2, -0.15) is 0 Å². The molecule has 0 bridgehead atoms. The third-order valence-corrected chi connectivity index (χ3v) is 7.85. The Labute approximate surface area is 169 Å². The largest absolute Gasteiger partial charge is 0.322 e. The maximum atomic E-state index is 12.7. The van der Waals surface area contributed by atoms with E-state index in [9.17, 15) is 13.2 Å². The second-order valence-electron chi connectivity index (χ2n) is 6.82. The van der Waals surface area contributed by atoms with Crippen molar-refractivity contribution in [3.05, 3.63) is 63.6 Å². The summed E-state index contributed by atoms with van der Waals surface area (Å²) in [4.78, 5) is 12.5. The first kappa shape index (κ1) is 20.2. The third kappa shape index (κ3) is 5.03. The maximum absolute atomic E-state index is 12.7. The lowest BCUT2D eigenvalue weighted by atomic mass is 10.0. The van der Waals surface area contributed by atoms with E-state index in [4.69, 9.17) is 23.2 Å². The molecule has 0 spiro atoms. The number of hydrogen-bond acceptors (Lipinski definition) is 3. The van der Waals surface area contributed by atoms with E-state index >= 15 is 0 Å². The van der Waals surface area contributed by atoms with Crippen LogP contribution in [0.5, 0.6) is 0 Å². The summed E-state index contributed by atoms with van der Waals surface area (Å²) in [5.74, 6) is -0.408. The first-order valence-electron chi connectivity index (χ1n) is 8.93. The van der Waals surface area contributed by atoms with Gasteiger partial charge in [0.25, 0.3) is 5.91 Å². The van der Waals surface area contributed by atoms with Crippen molar-refractivity contribution in [3.63, 3.8) is 0 Å². The number of sulfone groups is 1. The van der Waals surface area contributed by atoms with Crippen molar-refractivity contribution in [1.29, 1.82) is 0 Å². The molecule has 144 valence electrons. The smallest absolute Gasteiger partial charge is 0.257 e. The number of rotatable bonds is 5. The van der Waals surface area contributed by atoms with Crippen LogP contribution in [-0.2, 0) is 15.6 Å². The maximum Gasteiger partial charge on any atom is 0.257 e. The molecule has 1 fully saturated rings. The summed E-state index contributed by atoms with van der Waals surface area (Å²) < 4.78 is 25.3. The van der Waals surface area contributed by atoms with Crippen LogP contribution in [-0.4, -0.2) is 19.6 Å². The molecule has 0 aromatic heterocycles. The van der Waals surface area contributed by atoms with Crippen LogP contribution in [0.2, 0.25) is 10.0 Å². The van der Waals surface area contributed by atoms with Crippen molar-refractivity contribution in [2.45, 2.75) is 43.1 Å². The average Bonchev–Trinajstić information content (AvgIpc) is 2.64. The molecule has 1 amide bonds. The SMILES string of the molecule is O=C(Nc1cccc(CS(=O)(=O)C2CCCCC2)c1)c1cccc(Cl)c1Cl. The van der Waals surface area contributed by atoms with E-state index in [-0.39, 0.29) is 21.6 Å². The Kier molecular flexibility index (Phi) is 6.45. The number of carbonyl (C=O) groups excluding carboxylic acids is 1. The molecule has 27 heavy (non-hydrogen) atoms. The number of nitrogens with one attached hydrogen (secondary N) is 1. The summed E-state index contributed by atoms with van der Waals surface area (Å²) in [6, 6.07) is 11.8. The fourth-order valence-corrected chi connectivity index (χ4v) is 5.71. The van der Waals surface area contributed by atoms with Crippen LogP contribution in [0.1, 0.15) is 48.0 Å². The van der Waals surface area contributed by atoms with Gasteiger partial charge in [0.2, 0.25) is 0 Å². The van der Waals surface area contributed by atoms with Gasteiger partial charge >= 0.3 is 0 Å². The summed E-state index contributed by atoms with van der Waals surface area (Å²) in [6.45, 7) is 0. The standard InChI is InChI=1S/C20H21Cl2NO3S/c21-18-11-5-10-17(19(18)22)20(24)23-15-7-4-6-14(12-15)13-27(25,26)16-8-2-1-3-9-16/h4-7,10-12,16H,1-3,8-9,13H2,(H,23,24). The third-order valence-electron chi connectivity index (χ3n) is 4.81. The van der Waals surface area contributed by atoms with E-state index < -0.39 is 15.7 Å². The molecule has 1 N–H and O–H groups in total. The zero-order chi connectivity index (χ0) is 19.4. The molecule has 0 aliphatic heterocycles. The summed E-state index contributed by atoms with van der Waals surface area (Å²) >= 11 is 12.0. The molecule has 3 rings (SSSR count). The van der Waals surface area contributed by atoms with Gasteiger partial charge in [0.1, 0.15) is 0 Å². The minimum absolute atomic E-state index is 0.0146. The molecule has 0 saturated heterocycles. The molecule has 2 aromatic carbocycles. The summed E-state index contributed by atoms with van der Waals surface area (Å²) in [5.41, 5.74) is 1.45. The molecule has 0 unspecified atom stereocenters. The molecule has 2 aromatic rings. The molecule has 1 saturated carbocycles. The van der Waals surface area contributed by atoms with Crippen LogP contribution in [0.25, 0.3) is 0 Å². The van der Waals surface area contributed by atoms with Crippen molar-refractivity contribution < 1.29 is 13.2 Å². The molecule has 1 aliphatic carbocycles. The Morgan fingerprint density at radius 1 is 1.04 bits per heavy atom. The Balaban J connectivity index is 1.73. The van der Waals surface area contributed by atoms with Gasteiger partial charge in [0.05, 0.1) is 26.6 Å². The fourth-order valence-electron chi connectivity index (χ4n) is 3.39. The number of halogens is 2. The van der Waals surface area contributed by atoms with E-state index in [2.05, 4.69) is 5.32 Å². The molecule has 4 nitrogen and oxygen atoms in total. The van der Waals surface area contributed by atoms with E-state index in [1.54, 1.807) is 42.5 Å². The lowest BCUT2D eigenvalue weighted by Gasteiger charge is -2.21. The highest BCUT2D eigenvalue weighted by molar-refractivity contribution is 7.91. The Hall–Kier alpha value is -1.56. The highest BCUT2D eigenvalue weighted by atomic mass is 35.5. The molecule has 7 heteroatoms. The Bertz CT molecular complexity index is 938. The lowest BCUT2D eigenvalue weighted by Crippen LogP contribution is -2.25. The van der Waals surface area contributed by atoms with Gasteiger partial charge < -0.3 is 5.32 Å². The lowest BCUT2D eigenvalue weighted by molar-refractivity contribution is 0.102. The molecular weight excluding hydrogens is 405 g/mol. The van der Waals surface area contributed by atoms with E-state index in [1.807, 2.05) is 0 Å². The van der Waals surface area contributed by atoms with Crippen molar-refractivity contribution in [2.75, 3.05) is 5.32 Å². The normalized spacial score (nSPS) is 15.5. The predicted molar refractivity (Wildman–Crippen MR) is 110 cm³/mol. The quantitative estimate of drug-likeness (QED) is 0.687. The number of benzene rings is 2. The van der Waals surface area contributed by atoms with Crippen LogP contribution in [0.15, 0.2) is 42.5 Å². The molecule has 1 aliphatic rings. The van der Waals surface area contributed by atoms with E-state index in [1.165, 1.54) is 0 Å². The molecule has 0 heterocycles. The Morgan fingerprint density at radius 3 is 2.48 bits per heavy atom. The molecule has 0 radical (unpaired) electrons. The van der Waals surface area contributed by atoms with Crippen molar-refractivity contribution >= 4 is 44.6 Å². The number of carbonyl (C=O) groups is 1. The monoisotopic (exact) mass is 425 g/mol. The van der Waals surface area contributed by atoms with Crippen LogP contribution < -0.4 is 5.32 Å². The average molecular weight is 426 g/mol. The first-order chi connectivity index (χ1) is 12.9. The number of amides is 1. The van der Waals surface area contributed by atoms with Gasteiger partial charge in [-0.25, -0.2) is 8.42 Å². The Morgan fingerprint density at radius 2 is 1.74 bits per heavy atom. The van der Waals surface area contributed by atoms with Gasteiger partial charge in [-0.3, -0.25) is 4.79 Å². The van der Waals surface area contributed by atoms with Gasteiger partial charge in [-0.1, -0.05) is 60.7 Å². The predicted octanol–water partition coefficient (Wildman–Crippen LogP) is 5.49. The van der Waals surface area contributed by atoms with E-state index in [0.717, 1.165) is 32.1 Å². The highest BCUT2D eigenvalue weighted by Crippen LogP contribution is 2.28. The van der Waals surface area contributed by atoms with Crippen molar-refractivity contribution in [3.8, 4) is 0 Å². The van der Waals surface area contributed by atoms with Crippen LogP contribution in [0.4, 0.5) is 5.69 Å². The van der Waals surface area contributed by atoms with Gasteiger partial charge in [0, 0.05) is 5.69 Å². The summed E-state index contributed by atoms with van der Waals surface area (Å²) in [5, 5.41) is 2.99. The zero-order valence-electron chi connectivity index (χ0n) is 14.8. The van der Waals surface area contributed by atoms with E-state index in [0.29, 0.717) is 16.3 Å². The highest BCUT2D eigenvalue weighted by Gasteiger charge is 2.27. The van der Waals surface area contributed by atoms with Crippen molar-refractivity contribution in [2.24, 2.45) is 0 Å². The fraction of sp³-hybridized carbons (Fsp3) is 0.350. The second-order valence-corrected chi connectivity index (χ2v) is 9.89. The topological polar surface area (TPSA) is 63.2 Å². The van der Waals surface area contributed by atoms with Crippen LogP contribution in [0.3, 0.4) is 0 Å². The van der Waals surface area contributed by atoms with Crippen molar-refractivity contribution in [1.82, 2.24) is 0 Å². The summed E-state index contributed by atoms with van der Waals surface area (Å²) in [6.07, 6.45) is 4.54. The molecule has 0 atom stereocenters. The van der Waals surface area contributed by atoms with Gasteiger partial charge in [0.15, 0.2) is 9.84 Å². The molecular formula is C20H21Cl2NO3S. The minimum Gasteiger partial charge on any atom is -0.322 e.